The van der Waals surface area contributed by atoms with E-state index in [4.69, 9.17) is 21.1 Å². The van der Waals surface area contributed by atoms with Gasteiger partial charge in [-0.25, -0.2) is 8.42 Å². The molecule has 0 spiro atoms. The zero-order chi connectivity index (χ0) is 21.4. The average Bonchev–Trinajstić information content (AvgIpc) is 2.67. The fourth-order valence-corrected chi connectivity index (χ4v) is 4.27. The van der Waals surface area contributed by atoms with Crippen molar-refractivity contribution >= 4 is 33.2 Å². The SMILES string of the molecule is CCOc1ccccc1N(CC(=O)N[C@H](C)COC)S(=O)(=O)c1ccc(Cl)cc1. The molecule has 2 aromatic rings. The van der Waals surface area contributed by atoms with Crippen LogP contribution in [-0.2, 0) is 19.6 Å². The Balaban J connectivity index is 2.46. The number of rotatable bonds is 10. The first-order chi connectivity index (χ1) is 13.8. The van der Waals surface area contributed by atoms with Crippen LogP contribution in [0.15, 0.2) is 53.4 Å². The molecule has 0 aliphatic carbocycles. The Labute approximate surface area is 176 Å². The van der Waals surface area contributed by atoms with Crippen molar-refractivity contribution in [2.24, 2.45) is 0 Å². The van der Waals surface area contributed by atoms with Crippen molar-refractivity contribution in [1.82, 2.24) is 5.32 Å². The van der Waals surface area contributed by atoms with Crippen molar-refractivity contribution in [3.05, 3.63) is 53.6 Å². The molecule has 0 unspecified atom stereocenters. The Hall–Kier alpha value is -2.29. The summed E-state index contributed by atoms with van der Waals surface area (Å²) in [6.45, 7) is 3.82. The smallest absolute Gasteiger partial charge is 0.264 e. The molecule has 7 nitrogen and oxygen atoms in total. The molecule has 9 heteroatoms. The molecule has 0 aliphatic heterocycles. The highest BCUT2D eigenvalue weighted by Crippen LogP contribution is 2.32. The van der Waals surface area contributed by atoms with Gasteiger partial charge in [-0.3, -0.25) is 9.10 Å². The Morgan fingerprint density at radius 3 is 2.45 bits per heavy atom. The highest BCUT2D eigenvalue weighted by atomic mass is 35.5. The normalized spacial score (nSPS) is 12.3. The van der Waals surface area contributed by atoms with Crippen LogP contribution in [0.2, 0.25) is 5.02 Å². The standard InChI is InChI=1S/C20H25ClN2O5S/c1-4-28-19-8-6-5-7-18(19)23(13-20(24)22-15(2)14-27-3)29(25,26)17-11-9-16(21)10-12-17/h5-12,15H,4,13-14H2,1-3H3,(H,22,24)/t15-/m1/s1. The number of hydrogen-bond donors (Lipinski definition) is 1. The number of anilines is 1. The Bertz CT molecular complexity index is 919. The van der Waals surface area contributed by atoms with Crippen LogP contribution >= 0.6 is 11.6 Å². The van der Waals surface area contributed by atoms with E-state index in [0.717, 1.165) is 4.31 Å². The van der Waals surface area contributed by atoms with Crippen molar-refractivity contribution in [3.63, 3.8) is 0 Å². The van der Waals surface area contributed by atoms with Gasteiger partial charge >= 0.3 is 0 Å². The lowest BCUT2D eigenvalue weighted by atomic mass is 10.3. The predicted octanol–water partition coefficient (Wildman–Crippen LogP) is 3.09. The van der Waals surface area contributed by atoms with E-state index in [-0.39, 0.29) is 16.6 Å². The second kappa shape index (κ2) is 10.5. The Morgan fingerprint density at radius 2 is 1.83 bits per heavy atom. The molecular formula is C20H25ClN2O5S. The van der Waals surface area contributed by atoms with Crippen molar-refractivity contribution in [2.45, 2.75) is 24.8 Å². The summed E-state index contributed by atoms with van der Waals surface area (Å²) in [6, 6.07) is 12.2. The van der Waals surface area contributed by atoms with E-state index in [1.165, 1.54) is 31.4 Å². The minimum atomic E-state index is -4.05. The van der Waals surface area contributed by atoms with Gasteiger partial charge in [0.25, 0.3) is 10.0 Å². The van der Waals surface area contributed by atoms with Gasteiger partial charge in [0.2, 0.25) is 5.91 Å². The van der Waals surface area contributed by atoms with Crippen LogP contribution in [0.4, 0.5) is 5.69 Å². The first-order valence-corrected chi connectivity index (χ1v) is 10.9. The zero-order valence-electron chi connectivity index (χ0n) is 16.6. The third-order valence-corrected chi connectivity index (χ3v) is 5.97. The molecule has 2 rings (SSSR count). The van der Waals surface area contributed by atoms with Crippen molar-refractivity contribution in [3.8, 4) is 5.75 Å². The van der Waals surface area contributed by atoms with Crippen LogP contribution in [0, 0.1) is 0 Å². The van der Waals surface area contributed by atoms with Crippen LogP contribution < -0.4 is 14.4 Å². The number of carbonyl (C=O) groups is 1. The number of carbonyl (C=O) groups excluding carboxylic acids is 1. The summed E-state index contributed by atoms with van der Waals surface area (Å²) in [4.78, 5) is 12.6. The van der Waals surface area contributed by atoms with E-state index < -0.39 is 22.5 Å². The zero-order valence-corrected chi connectivity index (χ0v) is 18.2. The third-order valence-electron chi connectivity index (χ3n) is 3.95. The number of nitrogens with one attached hydrogen (secondary N) is 1. The summed E-state index contributed by atoms with van der Waals surface area (Å²) < 4.78 is 38.4. The van der Waals surface area contributed by atoms with E-state index >= 15 is 0 Å². The molecule has 2 aromatic carbocycles. The highest BCUT2D eigenvalue weighted by Gasteiger charge is 2.29. The van der Waals surface area contributed by atoms with Gasteiger partial charge in [-0.1, -0.05) is 23.7 Å². The van der Waals surface area contributed by atoms with E-state index in [1.54, 1.807) is 38.1 Å². The Morgan fingerprint density at radius 1 is 1.17 bits per heavy atom. The first kappa shape index (κ1) is 23.0. The summed E-state index contributed by atoms with van der Waals surface area (Å²) >= 11 is 5.89. The maximum absolute atomic E-state index is 13.4. The van der Waals surface area contributed by atoms with Crippen molar-refractivity contribution in [1.29, 1.82) is 0 Å². The van der Waals surface area contributed by atoms with Crippen molar-refractivity contribution < 1.29 is 22.7 Å². The fraction of sp³-hybridized carbons (Fsp3) is 0.350. The minimum Gasteiger partial charge on any atom is -0.492 e. The second-order valence-electron chi connectivity index (χ2n) is 6.29. The first-order valence-electron chi connectivity index (χ1n) is 9.08. The lowest BCUT2D eigenvalue weighted by Gasteiger charge is -2.26. The van der Waals surface area contributed by atoms with Gasteiger partial charge in [-0.2, -0.15) is 0 Å². The third kappa shape index (κ3) is 6.09. The monoisotopic (exact) mass is 440 g/mol. The molecule has 0 bridgehead atoms. The maximum atomic E-state index is 13.4. The Kier molecular flexibility index (Phi) is 8.31. The largest absolute Gasteiger partial charge is 0.492 e. The number of methoxy groups -OCH3 is 1. The number of hydrogen-bond acceptors (Lipinski definition) is 5. The number of sulfonamides is 1. The van der Waals surface area contributed by atoms with Gasteiger partial charge < -0.3 is 14.8 Å². The highest BCUT2D eigenvalue weighted by molar-refractivity contribution is 7.92. The molecule has 1 N–H and O–H groups in total. The van der Waals surface area contributed by atoms with Crippen molar-refractivity contribution in [2.75, 3.05) is 31.2 Å². The number of para-hydroxylation sites is 2. The van der Waals surface area contributed by atoms with Gasteiger partial charge in [0, 0.05) is 18.2 Å². The summed E-state index contributed by atoms with van der Waals surface area (Å²) in [6.07, 6.45) is 0. The summed E-state index contributed by atoms with van der Waals surface area (Å²) in [5.74, 6) is -0.0938. The molecule has 0 aromatic heterocycles. The summed E-state index contributed by atoms with van der Waals surface area (Å²) in [7, 11) is -2.53. The van der Waals surface area contributed by atoms with Crippen LogP contribution in [0.5, 0.6) is 5.75 Å². The minimum absolute atomic E-state index is 0.0194. The maximum Gasteiger partial charge on any atom is 0.264 e. The van der Waals surface area contributed by atoms with E-state index in [9.17, 15) is 13.2 Å². The van der Waals surface area contributed by atoms with Crippen LogP contribution in [0.3, 0.4) is 0 Å². The van der Waals surface area contributed by atoms with Gasteiger partial charge in [0.05, 0.1) is 23.8 Å². The second-order valence-corrected chi connectivity index (χ2v) is 8.59. The summed E-state index contributed by atoms with van der Waals surface area (Å²) in [5.41, 5.74) is 0.277. The molecule has 158 valence electrons. The molecule has 29 heavy (non-hydrogen) atoms. The van der Waals surface area contributed by atoms with E-state index in [2.05, 4.69) is 5.32 Å². The lowest BCUT2D eigenvalue weighted by molar-refractivity contribution is -0.120. The molecular weight excluding hydrogens is 416 g/mol. The number of ether oxygens (including phenoxy) is 2. The number of benzene rings is 2. The van der Waals surface area contributed by atoms with Gasteiger partial charge in [0.15, 0.2) is 0 Å². The molecule has 0 aliphatic rings. The van der Waals surface area contributed by atoms with Gasteiger partial charge in [-0.15, -0.1) is 0 Å². The van der Waals surface area contributed by atoms with Crippen LogP contribution in [0.25, 0.3) is 0 Å². The molecule has 1 atom stereocenters. The fourth-order valence-electron chi connectivity index (χ4n) is 2.72. The molecule has 0 radical (unpaired) electrons. The number of nitrogens with zero attached hydrogens (tertiary/aromatic N) is 1. The molecule has 0 heterocycles. The topological polar surface area (TPSA) is 84.9 Å². The lowest BCUT2D eigenvalue weighted by Crippen LogP contribution is -2.44. The van der Waals surface area contributed by atoms with Crippen LogP contribution in [-0.4, -0.2) is 47.2 Å². The molecule has 0 saturated heterocycles. The van der Waals surface area contributed by atoms with Gasteiger partial charge in [-0.05, 0) is 50.2 Å². The summed E-state index contributed by atoms with van der Waals surface area (Å²) in [5, 5.41) is 3.15. The number of amides is 1. The molecule has 0 fully saturated rings. The quantitative estimate of drug-likeness (QED) is 0.613. The predicted molar refractivity (Wildman–Crippen MR) is 113 cm³/mol. The average molecular weight is 441 g/mol. The number of halogens is 1. The molecule has 0 saturated carbocycles. The molecule has 1 amide bonds. The van der Waals surface area contributed by atoms with Crippen LogP contribution in [0.1, 0.15) is 13.8 Å². The van der Waals surface area contributed by atoms with E-state index in [0.29, 0.717) is 24.0 Å². The van der Waals surface area contributed by atoms with E-state index in [1.807, 2.05) is 0 Å². The van der Waals surface area contributed by atoms with Gasteiger partial charge in [0.1, 0.15) is 12.3 Å².